The molecular weight excluding hydrogens is 436 g/mol. The average molecular weight is 469 g/mol. The van der Waals surface area contributed by atoms with Gasteiger partial charge in [-0.3, -0.25) is 0 Å². The van der Waals surface area contributed by atoms with Gasteiger partial charge < -0.3 is 0 Å². The summed E-state index contributed by atoms with van der Waals surface area (Å²) in [6, 6.07) is 18.2. The van der Waals surface area contributed by atoms with Crippen LogP contribution in [0.25, 0.3) is 9.81 Å². The van der Waals surface area contributed by atoms with Gasteiger partial charge in [-0.15, -0.1) is 23.5 Å². The van der Waals surface area contributed by atoms with Crippen LogP contribution in [0.1, 0.15) is 56.4 Å². The molecule has 0 nitrogen and oxygen atoms in total. The first-order chi connectivity index (χ1) is 15.7. The maximum absolute atomic E-state index is 2.55. The monoisotopic (exact) mass is 468 g/mol. The minimum atomic E-state index is 0.0212. The molecule has 4 atom stereocenters. The minimum absolute atomic E-state index is 0.0212. The zero-order chi connectivity index (χ0) is 23.1. The summed E-state index contributed by atoms with van der Waals surface area (Å²) in [6.45, 7) is 14.3. The van der Waals surface area contributed by atoms with Crippen LogP contribution in [-0.2, 0) is 0 Å². The molecule has 2 aromatic carbocycles. The quantitative estimate of drug-likeness (QED) is 0.431. The van der Waals surface area contributed by atoms with E-state index in [-0.39, 0.29) is 9.49 Å². The van der Waals surface area contributed by atoms with Crippen molar-refractivity contribution in [3.05, 3.63) is 105 Å². The highest BCUT2D eigenvalue weighted by atomic mass is 32.2. The Hall–Kier alpha value is -1.90. The van der Waals surface area contributed by atoms with Crippen molar-refractivity contribution in [3.63, 3.8) is 0 Å². The molecule has 33 heavy (non-hydrogen) atoms. The zero-order valence-electron chi connectivity index (χ0n) is 20.5. The molecular formula is C31H32S2. The van der Waals surface area contributed by atoms with E-state index in [0.717, 1.165) is 0 Å². The van der Waals surface area contributed by atoms with Gasteiger partial charge in [-0.2, -0.15) is 0 Å². The van der Waals surface area contributed by atoms with Gasteiger partial charge in [0.05, 0.1) is 9.49 Å². The van der Waals surface area contributed by atoms with Crippen LogP contribution < -0.4 is 0 Å². The smallest absolute Gasteiger partial charge is 0.0618 e. The molecule has 2 aromatic rings. The predicted octanol–water partition coefficient (Wildman–Crippen LogP) is 8.98. The first-order valence-corrected chi connectivity index (χ1v) is 13.8. The molecule has 0 unspecified atom stereocenters. The fourth-order valence-corrected chi connectivity index (χ4v) is 9.52. The van der Waals surface area contributed by atoms with Crippen LogP contribution >= 0.6 is 23.5 Å². The van der Waals surface area contributed by atoms with Crippen LogP contribution in [0.5, 0.6) is 0 Å². The van der Waals surface area contributed by atoms with Crippen LogP contribution in [0.2, 0.25) is 0 Å². The number of benzene rings is 2. The predicted molar refractivity (Wildman–Crippen MR) is 147 cm³/mol. The third-order valence-electron chi connectivity index (χ3n) is 8.35. The van der Waals surface area contributed by atoms with E-state index in [9.17, 15) is 0 Å². The van der Waals surface area contributed by atoms with Gasteiger partial charge in [0.25, 0.3) is 0 Å². The second-order valence-corrected chi connectivity index (χ2v) is 13.6. The second-order valence-electron chi connectivity index (χ2n) is 10.7. The Bertz CT molecular complexity index is 1180. The number of rotatable bonds is 2. The van der Waals surface area contributed by atoms with E-state index in [1.54, 1.807) is 22.3 Å². The topological polar surface area (TPSA) is 0 Å². The molecule has 0 N–H and O–H groups in total. The van der Waals surface area contributed by atoms with E-state index in [0.29, 0.717) is 11.8 Å². The maximum atomic E-state index is 2.55. The Labute approximate surface area is 207 Å². The molecule has 2 heteroatoms. The van der Waals surface area contributed by atoms with Crippen LogP contribution in [0.15, 0.2) is 83.0 Å². The van der Waals surface area contributed by atoms with E-state index in [1.165, 1.54) is 38.5 Å². The Morgan fingerprint density at radius 2 is 1.00 bits per heavy atom. The highest BCUT2D eigenvalue weighted by Crippen LogP contribution is 2.71. The van der Waals surface area contributed by atoms with Crippen LogP contribution in [0.3, 0.4) is 0 Å². The summed E-state index contributed by atoms with van der Waals surface area (Å²) in [6.07, 6.45) is 6.36. The Morgan fingerprint density at radius 3 is 1.36 bits per heavy atom. The molecule has 2 aliphatic heterocycles. The van der Waals surface area contributed by atoms with Gasteiger partial charge in [0.15, 0.2) is 0 Å². The lowest BCUT2D eigenvalue weighted by Crippen LogP contribution is -2.47. The van der Waals surface area contributed by atoms with E-state index in [1.807, 2.05) is 0 Å². The number of hydrogen-bond donors (Lipinski definition) is 0. The SMILES string of the molecule is Cc1ccc(C2=CC3=C4C(=C5C=C(c6ccc(C)cc6)S[C@@]5(C)[C@]3(C)S2)[C@@H](C)C[C@@H]4C)cc1. The van der Waals surface area contributed by atoms with Crippen molar-refractivity contribution in [2.24, 2.45) is 11.8 Å². The molecule has 2 aliphatic carbocycles. The third-order valence-corrected chi connectivity index (χ3v) is 11.7. The highest BCUT2D eigenvalue weighted by molar-refractivity contribution is 8.14. The molecule has 4 aliphatic rings. The van der Waals surface area contributed by atoms with Crippen molar-refractivity contribution in [1.82, 2.24) is 0 Å². The van der Waals surface area contributed by atoms with Crippen LogP contribution in [0.4, 0.5) is 0 Å². The molecule has 0 radical (unpaired) electrons. The Morgan fingerprint density at radius 1 is 0.636 bits per heavy atom. The van der Waals surface area contributed by atoms with E-state index >= 15 is 0 Å². The van der Waals surface area contributed by atoms with E-state index in [4.69, 9.17) is 0 Å². The molecule has 1 fully saturated rings. The zero-order valence-corrected chi connectivity index (χ0v) is 22.1. The van der Waals surface area contributed by atoms with Crippen molar-refractivity contribution < 1.29 is 0 Å². The molecule has 0 bridgehead atoms. The minimum Gasteiger partial charge on any atom is -0.112 e. The van der Waals surface area contributed by atoms with Crippen molar-refractivity contribution in [2.45, 2.75) is 57.5 Å². The van der Waals surface area contributed by atoms with Gasteiger partial charge in [-0.1, -0.05) is 73.5 Å². The van der Waals surface area contributed by atoms with Crippen molar-refractivity contribution in [2.75, 3.05) is 0 Å². The molecule has 1 saturated carbocycles. The van der Waals surface area contributed by atoms with Gasteiger partial charge in [0.2, 0.25) is 0 Å². The van der Waals surface area contributed by atoms with E-state index < -0.39 is 0 Å². The summed E-state index contributed by atoms with van der Waals surface area (Å²) < 4.78 is 0.0423. The molecule has 0 spiro atoms. The third kappa shape index (κ3) is 2.99. The first-order valence-electron chi connectivity index (χ1n) is 12.2. The lowest BCUT2D eigenvalue weighted by atomic mass is 9.70. The van der Waals surface area contributed by atoms with Crippen molar-refractivity contribution in [3.8, 4) is 0 Å². The average Bonchev–Trinajstić information content (AvgIpc) is 3.41. The molecule has 0 amide bonds. The molecule has 6 rings (SSSR count). The largest absolute Gasteiger partial charge is 0.112 e. The molecule has 2 heterocycles. The summed E-state index contributed by atoms with van der Waals surface area (Å²) in [5.41, 5.74) is 11.8. The normalized spacial score (nSPS) is 32.5. The first kappa shape index (κ1) is 21.6. The summed E-state index contributed by atoms with van der Waals surface area (Å²) in [4.78, 5) is 2.86. The van der Waals surface area contributed by atoms with Gasteiger partial charge in [0.1, 0.15) is 0 Å². The maximum Gasteiger partial charge on any atom is 0.0618 e. The Balaban J connectivity index is 1.54. The van der Waals surface area contributed by atoms with Gasteiger partial charge in [-0.25, -0.2) is 0 Å². The number of fused-ring (bicyclic) bond motifs is 4. The number of allylic oxidation sites excluding steroid dienone is 4. The van der Waals surface area contributed by atoms with Crippen molar-refractivity contribution in [1.29, 1.82) is 0 Å². The molecule has 0 saturated heterocycles. The van der Waals surface area contributed by atoms with Crippen LogP contribution in [-0.4, -0.2) is 9.49 Å². The second kappa shape index (κ2) is 7.30. The summed E-state index contributed by atoms with van der Waals surface area (Å²) in [7, 11) is 0. The number of aryl methyl sites for hydroxylation is 2. The number of hydrogen-bond acceptors (Lipinski definition) is 2. The standard InChI is InChI=1S/C31H32S2/c1-18-7-11-22(12-8-18)26-16-24-28-20(3)15-21(4)29(28)25-17-27(23-13-9-19(2)10-14-23)33-31(25,6)30(24,5)32-26/h7-14,16-17,20-21H,15H2,1-6H3/t20-,21-,30+,31+/m0/s1. The van der Waals surface area contributed by atoms with Gasteiger partial charge >= 0.3 is 0 Å². The van der Waals surface area contributed by atoms with Gasteiger partial charge in [-0.05, 0) is 91.5 Å². The summed E-state index contributed by atoms with van der Waals surface area (Å²) in [5.74, 6) is 1.25. The number of thioether (sulfide) groups is 2. The fraction of sp³-hybridized carbons (Fsp3) is 0.355. The summed E-state index contributed by atoms with van der Waals surface area (Å²) >= 11 is 4.20. The van der Waals surface area contributed by atoms with Crippen molar-refractivity contribution >= 4 is 33.3 Å². The molecule has 168 valence electrons. The Kier molecular flexibility index (Phi) is 4.78. The molecule has 0 aromatic heterocycles. The summed E-state index contributed by atoms with van der Waals surface area (Å²) in [5, 5.41) is 0. The van der Waals surface area contributed by atoms with Crippen LogP contribution in [0, 0.1) is 25.7 Å². The van der Waals surface area contributed by atoms with Gasteiger partial charge in [0, 0.05) is 9.81 Å². The lowest BCUT2D eigenvalue weighted by Gasteiger charge is -2.47. The fourth-order valence-electron chi connectivity index (χ4n) is 6.36. The van der Waals surface area contributed by atoms with E-state index in [2.05, 4.69) is 126 Å². The highest BCUT2D eigenvalue weighted by Gasteiger charge is 2.60. The lowest BCUT2D eigenvalue weighted by molar-refractivity contribution is 0.593.